The Morgan fingerprint density at radius 1 is 1.39 bits per heavy atom. The van der Waals surface area contributed by atoms with E-state index in [0.29, 0.717) is 11.4 Å². The molecular weight excluding hydrogens is 294 g/mol. The first kappa shape index (κ1) is 15.8. The molecule has 0 saturated carbocycles. The van der Waals surface area contributed by atoms with Crippen LogP contribution >= 0.6 is 0 Å². The van der Waals surface area contributed by atoms with E-state index in [1.54, 1.807) is 6.07 Å². The van der Waals surface area contributed by atoms with Crippen molar-refractivity contribution < 1.29 is 14.3 Å². The van der Waals surface area contributed by atoms with Crippen LogP contribution in [-0.2, 0) is 9.59 Å². The van der Waals surface area contributed by atoms with Gasteiger partial charge in [-0.3, -0.25) is 9.59 Å². The van der Waals surface area contributed by atoms with Crippen LogP contribution in [0.4, 0.5) is 5.69 Å². The molecular formula is C17H23N3O3. The normalized spacial score (nSPS) is 25.3. The molecule has 1 saturated heterocycles. The minimum atomic E-state index is -1.54. The van der Waals surface area contributed by atoms with Gasteiger partial charge in [-0.25, -0.2) is 0 Å². The molecule has 0 aromatic heterocycles. The van der Waals surface area contributed by atoms with Crippen molar-refractivity contribution in [3.05, 3.63) is 23.8 Å². The molecule has 2 amide bonds. The molecule has 1 atom stereocenters. The second-order valence-corrected chi connectivity index (χ2v) is 6.64. The maximum atomic E-state index is 12.6. The van der Waals surface area contributed by atoms with Gasteiger partial charge < -0.3 is 20.3 Å². The van der Waals surface area contributed by atoms with Gasteiger partial charge >= 0.3 is 0 Å². The minimum absolute atomic E-state index is 0.0892. The summed E-state index contributed by atoms with van der Waals surface area (Å²) in [7, 11) is 2.07. The third kappa shape index (κ3) is 3.03. The smallest absolute Gasteiger partial charge is 0.278 e. The Balaban J connectivity index is 1.74. The molecule has 6 heteroatoms. The molecule has 0 radical (unpaired) electrons. The fourth-order valence-electron chi connectivity index (χ4n) is 2.96. The Morgan fingerprint density at radius 3 is 2.78 bits per heavy atom. The summed E-state index contributed by atoms with van der Waals surface area (Å²) in [5.74, 6) is -0.284. The summed E-state index contributed by atoms with van der Waals surface area (Å²) in [4.78, 5) is 27.3. The van der Waals surface area contributed by atoms with E-state index in [1.807, 2.05) is 19.1 Å². The highest BCUT2D eigenvalue weighted by Crippen LogP contribution is 2.34. The molecule has 0 spiro atoms. The number of nitrogens with one attached hydrogen (secondary N) is 2. The van der Waals surface area contributed by atoms with Crippen molar-refractivity contribution in [1.82, 2.24) is 10.2 Å². The van der Waals surface area contributed by atoms with Gasteiger partial charge in [0.1, 0.15) is 5.75 Å². The van der Waals surface area contributed by atoms with Crippen molar-refractivity contribution in [3.8, 4) is 5.75 Å². The maximum Gasteiger partial charge on any atom is 0.278 e. The highest BCUT2D eigenvalue weighted by atomic mass is 16.5. The fourth-order valence-corrected chi connectivity index (χ4v) is 2.96. The van der Waals surface area contributed by atoms with E-state index in [1.165, 1.54) is 6.92 Å². The second-order valence-electron chi connectivity index (χ2n) is 6.64. The number of carbonyl (C=O) groups is 2. The minimum Gasteiger partial charge on any atom is -0.466 e. The lowest BCUT2D eigenvalue weighted by atomic mass is 9.99. The fraction of sp³-hybridized carbons (Fsp3) is 0.529. The SMILES string of the molecule is Cc1ccc2c(c1)NC(=O)C(C)(C(=O)NC1CCN(C)CC1)O2. The van der Waals surface area contributed by atoms with Crippen molar-refractivity contribution in [2.45, 2.75) is 38.3 Å². The number of aryl methyl sites for hydroxylation is 1. The summed E-state index contributed by atoms with van der Waals surface area (Å²) in [6.45, 7) is 5.34. The van der Waals surface area contributed by atoms with E-state index in [0.717, 1.165) is 31.5 Å². The van der Waals surface area contributed by atoms with Crippen LogP contribution in [-0.4, -0.2) is 48.5 Å². The van der Waals surface area contributed by atoms with Crippen molar-refractivity contribution in [1.29, 1.82) is 0 Å². The number of likely N-dealkylation sites (tertiary alicyclic amines) is 1. The van der Waals surface area contributed by atoms with E-state index < -0.39 is 11.5 Å². The van der Waals surface area contributed by atoms with E-state index in [4.69, 9.17) is 4.74 Å². The van der Waals surface area contributed by atoms with E-state index in [2.05, 4.69) is 22.6 Å². The molecule has 2 aliphatic heterocycles. The summed E-state index contributed by atoms with van der Waals surface area (Å²) in [5.41, 5.74) is 0.0950. The molecule has 2 aliphatic rings. The summed E-state index contributed by atoms with van der Waals surface area (Å²) in [6, 6.07) is 5.60. The van der Waals surface area contributed by atoms with Crippen LogP contribution in [0.15, 0.2) is 18.2 Å². The Hall–Kier alpha value is -2.08. The van der Waals surface area contributed by atoms with Gasteiger partial charge in [-0.1, -0.05) is 6.07 Å². The van der Waals surface area contributed by atoms with Crippen LogP contribution in [0.25, 0.3) is 0 Å². The number of ether oxygens (including phenoxy) is 1. The lowest BCUT2D eigenvalue weighted by molar-refractivity contribution is -0.147. The van der Waals surface area contributed by atoms with Crippen LogP contribution in [0.5, 0.6) is 5.75 Å². The lowest BCUT2D eigenvalue weighted by Gasteiger charge is -2.36. The molecule has 124 valence electrons. The highest BCUT2D eigenvalue weighted by molar-refractivity contribution is 6.15. The molecule has 1 aromatic carbocycles. The number of rotatable bonds is 2. The lowest BCUT2D eigenvalue weighted by Crippen LogP contribution is -2.61. The molecule has 1 aromatic rings. The summed E-state index contributed by atoms with van der Waals surface area (Å²) in [6.07, 6.45) is 1.77. The van der Waals surface area contributed by atoms with Crippen molar-refractivity contribution in [2.24, 2.45) is 0 Å². The number of carbonyl (C=O) groups excluding carboxylic acids is 2. The predicted octanol–water partition coefficient (Wildman–Crippen LogP) is 1.30. The molecule has 0 aliphatic carbocycles. The first-order valence-corrected chi connectivity index (χ1v) is 7.99. The topological polar surface area (TPSA) is 70.7 Å². The average molecular weight is 317 g/mol. The Morgan fingerprint density at radius 2 is 2.09 bits per heavy atom. The number of amides is 2. The average Bonchev–Trinajstić information content (AvgIpc) is 2.51. The first-order chi connectivity index (χ1) is 10.9. The van der Waals surface area contributed by atoms with Gasteiger partial charge in [-0.05, 0) is 64.5 Å². The quantitative estimate of drug-likeness (QED) is 0.807. The van der Waals surface area contributed by atoms with Crippen LogP contribution in [0.3, 0.4) is 0 Å². The molecule has 2 N–H and O–H groups in total. The van der Waals surface area contributed by atoms with E-state index in [9.17, 15) is 9.59 Å². The monoisotopic (exact) mass is 317 g/mol. The molecule has 6 nitrogen and oxygen atoms in total. The van der Waals surface area contributed by atoms with Gasteiger partial charge in [0.15, 0.2) is 0 Å². The number of piperidine rings is 1. The van der Waals surface area contributed by atoms with Gasteiger partial charge in [0.2, 0.25) is 0 Å². The number of hydrogen-bond donors (Lipinski definition) is 2. The standard InChI is InChI=1S/C17H23N3O3/c1-11-4-5-14-13(10-11)19-16(22)17(2,23-14)15(21)18-12-6-8-20(3)9-7-12/h4-5,10,12H,6-9H2,1-3H3,(H,18,21)(H,19,22). The van der Waals surface area contributed by atoms with Crippen LogP contribution in [0.2, 0.25) is 0 Å². The first-order valence-electron chi connectivity index (χ1n) is 7.99. The zero-order valence-electron chi connectivity index (χ0n) is 13.8. The predicted molar refractivity (Wildman–Crippen MR) is 87.5 cm³/mol. The van der Waals surface area contributed by atoms with E-state index >= 15 is 0 Å². The molecule has 0 bridgehead atoms. The van der Waals surface area contributed by atoms with Crippen LogP contribution < -0.4 is 15.4 Å². The van der Waals surface area contributed by atoms with Gasteiger partial charge in [0.25, 0.3) is 17.4 Å². The highest BCUT2D eigenvalue weighted by Gasteiger charge is 2.47. The third-order valence-corrected chi connectivity index (χ3v) is 4.62. The summed E-state index contributed by atoms with van der Waals surface area (Å²) >= 11 is 0. The van der Waals surface area contributed by atoms with Crippen LogP contribution in [0, 0.1) is 6.92 Å². The molecule has 2 heterocycles. The number of fused-ring (bicyclic) bond motifs is 1. The van der Waals surface area contributed by atoms with E-state index in [-0.39, 0.29) is 11.9 Å². The Labute approximate surface area is 136 Å². The largest absolute Gasteiger partial charge is 0.466 e. The van der Waals surface area contributed by atoms with Crippen molar-refractivity contribution in [3.63, 3.8) is 0 Å². The van der Waals surface area contributed by atoms with Crippen molar-refractivity contribution >= 4 is 17.5 Å². The zero-order valence-corrected chi connectivity index (χ0v) is 13.8. The second kappa shape index (κ2) is 5.85. The number of hydrogen-bond acceptors (Lipinski definition) is 4. The third-order valence-electron chi connectivity index (χ3n) is 4.62. The summed E-state index contributed by atoms with van der Waals surface area (Å²) < 4.78 is 5.78. The number of nitrogens with zero attached hydrogens (tertiary/aromatic N) is 1. The van der Waals surface area contributed by atoms with Crippen molar-refractivity contribution in [2.75, 3.05) is 25.5 Å². The van der Waals surface area contributed by atoms with Gasteiger partial charge in [-0.15, -0.1) is 0 Å². The molecule has 1 fully saturated rings. The van der Waals surface area contributed by atoms with Gasteiger partial charge in [0, 0.05) is 6.04 Å². The van der Waals surface area contributed by atoms with Crippen LogP contribution in [0.1, 0.15) is 25.3 Å². The number of benzene rings is 1. The zero-order chi connectivity index (χ0) is 16.6. The van der Waals surface area contributed by atoms with Gasteiger partial charge in [0.05, 0.1) is 5.69 Å². The molecule has 23 heavy (non-hydrogen) atoms. The maximum absolute atomic E-state index is 12.6. The molecule has 1 unspecified atom stereocenters. The Bertz CT molecular complexity index is 638. The Kier molecular flexibility index (Phi) is 4.02. The summed E-state index contributed by atoms with van der Waals surface area (Å²) in [5, 5.41) is 5.75. The molecule has 3 rings (SSSR count). The van der Waals surface area contributed by atoms with Gasteiger partial charge in [-0.2, -0.15) is 0 Å². The number of anilines is 1.